The lowest BCUT2D eigenvalue weighted by Crippen LogP contribution is -2.10. The van der Waals surface area contributed by atoms with Crippen molar-refractivity contribution in [1.82, 2.24) is 0 Å². The molecular formula is C54H33NO2S. The van der Waals surface area contributed by atoms with Gasteiger partial charge in [0.25, 0.3) is 0 Å². The largest absolute Gasteiger partial charge is 0.455 e. The maximum absolute atomic E-state index is 7.03. The summed E-state index contributed by atoms with van der Waals surface area (Å²) in [6.07, 6.45) is 0. The highest BCUT2D eigenvalue weighted by Crippen LogP contribution is 2.50. The van der Waals surface area contributed by atoms with E-state index in [1.165, 1.54) is 20.2 Å². The summed E-state index contributed by atoms with van der Waals surface area (Å²) in [4.78, 5) is 2.44. The molecule has 12 aromatic rings. The summed E-state index contributed by atoms with van der Waals surface area (Å²) >= 11 is 1.84. The SMILES string of the molecule is c1ccc(-c2ccc3c(c2)oc2c(-c4ccccc4)ccc(N(c4ccc5oc6c(-c7ccccc7)cccc6c5c4)c4cccc5c4sc4ccccc45)c23)cc1. The van der Waals surface area contributed by atoms with Crippen LogP contribution in [-0.4, -0.2) is 0 Å². The van der Waals surface area contributed by atoms with Gasteiger partial charge in [-0.25, -0.2) is 0 Å². The van der Waals surface area contributed by atoms with Gasteiger partial charge in [-0.1, -0.05) is 146 Å². The molecule has 0 aliphatic rings. The molecule has 58 heavy (non-hydrogen) atoms. The third-order valence-electron chi connectivity index (χ3n) is 11.5. The van der Waals surface area contributed by atoms with Crippen LogP contribution < -0.4 is 4.90 Å². The summed E-state index contributed by atoms with van der Waals surface area (Å²) in [5.74, 6) is 0. The molecule has 0 atom stereocenters. The quantitative estimate of drug-likeness (QED) is 0.169. The van der Waals surface area contributed by atoms with Crippen molar-refractivity contribution in [3.8, 4) is 33.4 Å². The molecule has 0 fully saturated rings. The van der Waals surface area contributed by atoms with Crippen molar-refractivity contribution in [3.63, 3.8) is 0 Å². The van der Waals surface area contributed by atoms with Gasteiger partial charge in [0.1, 0.15) is 22.3 Å². The van der Waals surface area contributed by atoms with Gasteiger partial charge in [0, 0.05) is 48.4 Å². The Kier molecular flexibility index (Phi) is 7.40. The van der Waals surface area contributed by atoms with Gasteiger partial charge in [-0.05, 0) is 76.9 Å². The second-order valence-corrected chi connectivity index (χ2v) is 15.9. The number of rotatable bonds is 6. The first-order valence-electron chi connectivity index (χ1n) is 19.6. The zero-order chi connectivity index (χ0) is 38.2. The van der Waals surface area contributed by atoms with Gasteiger partial charge >= 0.3 is 0 Å². The lowest BCUT2D eigenvalue weighted by molar-refractivity contribution is 0.669. The number of furan rings is 2. The Morgan fingerprint density at radius 3 is 1.81 bits per heavy atom. The summed E-state index contributed by atoms with van der Waals surface area (Å²) in [5, 5.41) is 6.80. The van der Waals surface area contributed by atoms with Crippen molar-refractivity contribution in [2.24, 2.45) is 0 Å². The topological polar surface area (TPSA) is 29.5 Å². The molecule has 0 aliphatic heterocycles. The Balaban J connectivity index is 1.16. The molecule has 0 amide bonds. The van der Waals surface area contributed by atoms with Gasteiger partial charge in [0.05, 0.1) is 21.5 Å². The van der Waals surface area contributed by atoms with Crippen molar-refractivity contribution in [1.29, 1.82) is 0 Å². The molecule has 0 N–H and O–H groups in total. The van der Waals surface area contributed by atoms with Crippen LogP contribution in [0.4, 0.5) is 17.1 Å². The summed E-state index contributed by atoms with van der Waals surface area (Å²) in [7, 11) is 0. The molecule has 3 heterocycles. The van der Waals surface area contributed by atoms with Crippen molar-refractivity contribution >= 4 is 92.4 Å². The second-order valence-electron chi connectivity index (χ2n) is 14.8. The first-order valence-corrected chi connectivity index (χ1v) is 20.4. The molecule has 9 aromatic carbocycles. The van der Waals surface area contributed by atoms with Crippen molar-refractivity contribution < 1.29 is 8.83 Å². The van der Waals surface area contributed by atoms with E-state index in [1.54, 1.807) is 0 Å². The van der Waals surface area contributed by atoms with Crippen LogP contribution in [0, 0.1) is 0 Å². The van der Waals surface area contributed by atoms with Crippen LogP contribution in [0.2, 0.25) is 0 Å². The Bertz CT molecular complexity index is 3510. The normalized spacial score (nSPS) is 11.8. The van der Waals surface area contributed by atoms with E-state index in [9.17, 15) is 0 Å². The van der Waals surface area contributed by atoms with E-state index in [0.717, 1.165) is 94.3 Å². The molecule has 12 rings (SSSR count). The van der Waals surface area contributed by atoms with E-state index in [4.69, 9.17) is 8.83 Å². The molecule has 0 aliphatic carbocycles. The zero-order valence-corrected chi connectivity index (χ0v) is 32.0. The van der Waals surface area contributed by atoms with Gasteiger partial charge in [0.15, 0.2) is 0 Å². The highest BCUT2D eigenvalue weighted by molar-refractivity contribution is 7.26. The van der Waals surface area contributed by atoms with Crippen molar-refractivity contribution in [3.05, 3.63) is 200 Å². The van der Waals surface area contributed by atoms with E-state index < -0.39 is 0 Å². The van der Waals surface area contributed by atoms with E-state index >= 15 is 0 Å². The third kappa shape index (κ3) is 5.12. The van der Waals surface area contributed by atoms with Crippen LogP contribution in [0.1, 0.15) is 0 Å². The molecule has 0 saturated heterocycles. The molecule has 0 bridgehead atoms. The van der Waals surface area contributed by atoms with Crippen LogP contribution in [0.3, 0.4) is 0 Å². The minimum Gasteiger partial charge on any atom is -0.455 e. The summed E-state index contributed by atoms with van der Waals surface area (Å²) in [6, 6.07) is 71.2. The minimum absolute atomic E-state index is 0.853. The van der Waals surface area contributed by atoms with Crippen LogP contribution in [0.25, 0.3) is 97.4 Å². The molecule has 272 valence electrons. The van der Waals surface area contributed by atoms with Crippen LogP contribution >= 0.6 is 11.3 Å². The lowest BCUT2D eigenvalue weighted by Gasteiger charge is -2.27. The van der Waals surface area contributed by atoms with E-state index in [0.29, 0.717) is 0 Å². The number of anilines is 3. The highest BCUT2D eigenvalue weighted by Gasteiger charge is 2.25. The van der Waals surface area contributed by atoms with Gasteiger partial charge < -0.3 is 13.7 Å². The molecule has 0 unspecified atom stereocenters. The maximum Gasteiger partial charge on any atom is 0.145 e. The first kappa shape index (κ1) is 32.8. The lowest BCUT2D eigenvalue weighted by atomic mass is 9.98. The fourth-order valence-electron chi connectivity index (χ4n) is 8.79. The maximum atomic E-state index is 7.03. The fraction of sp³-hybridized carbons (Fsp3) is 0. The van der Waals surface area contributed by atoms with Crippen molar-refractivity contribution in [2.75, 3.05) is 4.90 Å². The van der Waals surface area contributed by atoms with Crippen molar-refractivity contribution in [2.45, 2.75) is 0 Å². The third-order valence-corrected chi connectivity index (χ3v) is 12.7. The molecular weight excluding hydrogens is 727 g/mol. The van der Waals surface area contributed by atoms with Crippen LogP contribution in [-0.2, 0) is 0 Å². The van der Waals surface area contributed by atoms with Crippen LogP contribution in [0.5, 0.6) is 0 Å². The average molecular weight is 760 g/mol. The molecule has 0 spiro atoms. The van der Waals surface area contributed by atoms with E-state index in [1.807, 2.05) is 11.3 Å². The number of para-hydroxylation sites is 1. The van der Waals surface area contributed by atoms with Crippen LogP contribution in [0.15, 0.2) is 209 Å². The van der Waals surface area contributed by atoms with Gasteiger partial charge in [-0.2, -0.15) is 0 Å². The predicted octanol–water partition coefficient (Wildman–Crippen LogP) is 16.3. The molecule has 0 saturated carbocycles. The molecule has 3 aromatic heterocycles. The second kappa shape index (κ2) is 13.1. The Hall–Kier alpha value is -7.40. The number of fused-ring (bicyclic) bond motifs is 9. The number of benzene rings is 9. The van der Waals surface area contributed by atoms with Gasteiger partial charge in [0.2, 0.25) is 0 Å². The average Bonchev–Trinajstić information content (AvgIpc) is 3.99. The Morgan fingerprint density at radius 2 is 1.02 bits per heavy atom. The standard InChI is InChI=1S/C54H33NO2S/c1-4-14-34(15-5-1)37-26-28-44-49(32-37)57-53-40(36-18-8-3-9-19-36)29-30-46(51(44)53)55(47-24-13-23-43-41-20-10-11-25-50(41)58-54(43)47)38-27-31-48-45(33-38)42-22-12-21-39(52(42)56-48)35-16-6-2-7-17-35/h1-33H. The zero-order valence-electron chi connectivity index (χ0n) is 31.2. The monoisotopic (exact) mass is 759 g/mol. The predicted molar refractivity (Wildman–Crippen MR) is 245 cm³/mol. The summed E-state index contributed by atoms with van der Waals surface area (Å²) < 4.78 is 16.2. The number of hydrogen-bond donors (Lipinski definition) is 0. The Morgan fingerprint density at radius 1 is 0.362 bits per heavy atom. The van der Waals surface area contributed by atoms with E-state index in [-0.39, 0.29) is 0 Å². The molecule has 0 radical (unpaired) electrons. The smallest absolute Gasteiger partial charge is 0.145 e. The van der Waals surface area contributed by atoms with E-state index in [2.05, 4.69) is 205 Å². The number of hydrogen-bond acceptors (Lipinski definition) is 4. The minimum atomic E-state index is 0.853. The summed E-state index contributed by atoms with van der Waals surface area (Å²) in [6.45, 7) is 0. The first-order chi connectivity index (χ1) is 28.8. The highest BCUT2D eigenvalue weighted by atomic mass is 32.1. The van der Waals surface area contributed by atoms with Gasteiger partial charge in [-0.3, -0.25) is 0 Å². The Labute approximate surface area is 338 Å². The fourth-order valence-corrected chi connectivity index (χ4v) is 10.00. The number of nitrogens with zero attached hydrogens (tertiary/aromatic N) is 1. The summed E-state index contributed by atoms with van der Waals surface area (Å²) in [5.41, 5.74) is 13.3. The molecule has 3 nitrogen and oxygen atoms in total. The van der Waals surface area contributed by atoms with Gasteiger partial charge in [-0.15, -0.1) is 11.3 Å². The molecule has 4 heteroatoms. The number of thiophene rings is 1.